The van der Waals surface area contributed by atoms with Crippen LogP contribution in [0.15, 0.2) is 255 Å². The molecule has 2 heteroatoms. The summed E-state index contributed by atoms with van der Waals surface area (Å²) in [6.45, 7) is 8.70. The van der Waals surface area contributed by atoms with E-state index in [4.69, 9.17) is 4.98 Å². The molecule has 0 saturated heterocycles. The fraction of sp³-hybridized carbons (Fsp3) is 0.137. The van der Waals surface area contributed by atoms with Crippen molar-refractivity contribution in [2.75, 3.05) is 0 Å². The first-order valence-electron chi connectivity index (χ1n) is 26.9. The molecule has 9 aromatic rings. The fourth-order valence-electron chi connectivity index (χ4n) is 12.0. The predicted molar refractivity (Wildman–Crippen MR) is 321 cm³/mol. The van der Waals surface area contributed by atoms with Crippen LogP contribution < -0.4 is 0 Å². The second-order valence-electron chi connectivity index (χ2n) is 20.6. The van der Waals surface area contributed by atoms with Crippen LogP contribution >= 0.6 is 0 Å². The van der Waals surface area contributed by atoms with E-state index in [1.807, 2.05) is 6.08 Å². The van der Waals surface area contributed by atoms with Gasteiger partial charge in [-0.1, -0.05) is 214 Å². The molecule has 2 nitrogen and oxygen atoms in total. The molecule has 3 aliphatic rings. The molecular weight excluding hydrogens is 905 g/mol. The quantitative estimate of drug-likeness (QED) is 0.0832. The smallest absolute Gasteiger partial charge is 0.145 e. The zero-order valence-electron chi connectivity index (χ0n) is 43.0. The monoisotopic (exact) mass is 966 g/mol. The molecule has 0 fully saturated rings. The highest BCUT2D eigenvalue weighted by molar-refractivity contribution is 6.10. The lowest BCUT2D eigenvalue weighted by Gasteiger charge is -2.32. The van der Waals surface area contributed by atoms with E-state index in [0.717, 1.165) is 60.2 Å². The second kappa shape index (κ2) is 21.1. The lowest BCUT2D eigenvalue weighted by atomic mass is 9.72. The van der Waals surface area contributed by atoms with Crippen molar-refractivity contribution in [3.8, 4) is 39.3 Å². The van der Waals surface area contributed by atoms with Crippen LogP contribution in [0.2, 0.25) is 0 Å². The number of nitrogens with zero attached hydrogens (tertiary/aromatic N) is 2. The molecule has 1 aromatic heterocycles. The van der Waals surface area contributed by atoms with E-state index in [1.165, 1.54) is 88.7 Å². The van der Waals surface area contributed by atoms with Gasteiger partial charge in [-0.3, -0.25) is 4.57 Å². The number of hydrogen-bond donors (Lipinski definition) is 0. The van der Waals surface area contributed by atoms with Gasteiger partial charge in [0.05, 0.1) is 11.0 Å². The van der Waals surface area contributed by atoms with Gasteiger partial charge in [-0.05, 0) is 181 Å². The van der Waals surface area contributed by atoms with Gasteiger partial charge in [0.1, 0.15) is 5.82 Å². The number of hydrogen-bond acceptors (Lipinski definition) is 1. The second-order valence-corrected chi connectivity index (χ2v) is 20.6. The predicted octanol–water partition coefficient (Wildman–Crippen LogP) is 19.5. The van der Waals surface area contributed by atoms with E-state index in [9.17, 15) is 0 Å². The highest BCUT2D eigenvalue weighted by Crippen LogP contribution is 2.50. The third-order valence-electron chi connectivity index (χ3n) is 15.7. The van der Waals surface area contributed by atoms with E-state index in [1.54, 1.807) is 0 Å². The van der Waals surface area contributed by atoms with Crippen molar-refractivity contribution in [3.05, 3.63) is 288 Å². The largest absolute Gasteiger partial charge is 0.292 e. The Labute approximate surface area is 443 Å². The van der Waals surface area contributed by atoms with Gasteiger partial charge in [-0.15, -0.1) is 6.58 Å². The van der Waals surface area contributed by atoms with Crippen LogP contribution in [0.5, 0.6) is 0 Å². The number of benzene rings is 8. The molecule has 364 valence electrons. The summed E-state index contributed by atoms with van der Waals surface area (Å²) in [7, 11) is 0. The molecule has 0 radical (unpaired) electrons. The van der Waals surface area contributed by atoms with Crippen molar-refractivity contribution in [2.45, 2.75) is 51.9 Å². The van der Waals surface area contributed by atoms with Gasteiger partial charge < -0.3 is 0 Å². The summed E-state index contributed by atoms with van der Waals surface area (Å²) in [5.41, 5.74) is 22.9. The van der Waals surface area contributed by atoms with Crippen LogP contribution in [0.4, 0.5) is 0 Å². The Hall–Kier alpha value is -8.59. The molecular formula is C73H62N2. The summed E-state index contributed by atoms with van der Waals surface area (Å²) in [6.07, 6.45) is 29.9. The maximum Gasteiger partial charge on any atom is 0.145 e. The van der Waals surface area contributed by atoms with Crippen molar-refractivity contribution >= 4 is 44.6 Å². The summed E-state index contributed by atoms with van der Waals surface area (Å²) in [5, 5.41) is 2.61. The summed E-state index contributed by atoms with van der Waals surface area (Å²) >= 11 is 0. The standard InChI is InChI=1S/C73H62N2/c1-4-5-6-7-8-12-26-52-43-57(53-27-13-9-14-28-53)46-60(44-52)71-64-34-21-22-35-65(64)72(61-47-58(54-29-15-10-16-30-54)45-59(48-61)63-33-20-19-25-50(63)2)68-49-66(51(3)42-67(68)71)55-38-40-56(41-39-55)73-74-69-36-23-24-37-70(69)75(73)62-31-17-11-18-32-62/h4,6-24,27-41,43-45,47-51,57H,1,5,25-26,42,46H2,2-3H3/b7-6-,12-8-. The summed E-state index contributed by atoms with van der Waals surface area (Å²) in [5.74, 6) is 1.87. The Kier molecular flexibility index (Phi) is 13.3. The Bertz CT molecular complexity index is 3810. The van der Waals surface area contributed by atoms with Crippen LogP contribution in [0.3, 0.4) is 0 Å². The first-order chi connectivity index (χ1) is 37.0. The zero-order valence-corrected chi connectivity index (χ0v) is 43.0. The lowest BCUT2D eigenvalue weighted by molar-refractivity contribution is 0.735. The van der Waals surface area contributed by atoms with Crippen molar-refractivity contribution in [1.82, 2.24) is 9.55 Å². The Morgan fingerprint density at radius 2 is 1.25 bits per heavy atom. The van der Waals surface area contributed by atoms with Gasteiger partial charge in [0.2, 0.25) is 0 Å². The van der Waals surface area contributed by atoms with E-state index in [-0.39, 0.29) is 11.8 Å². The van der Waals surface area contributed by atoms with Crippen LogP contribution in [0, 0.1) is 11.8 Å². The van der Waals surface area contributed by atoms with Crippen LogP contribution in [-0.2, 0) is 6.42 Å². The normalized spacial score (nSPS) is 17.5. The summed E-state index contributed by atoms with van der Waals surface area (Å²) in [4.78, 5) is 5.23. The van der Waals surface area contributed by atoms with Crippen molar-refractivity contribution in [3.63, 3.8) is 0 Å². The number of fused-ring (bicyclic) bond motifs is 3. The van der Waals surface area contributed by atoms with Crippen molar-refractivity contribution in [2.24, 2.45) is 11.8 Å². The Morgan fingerprint density at radius 1 is 0.587 bits per heavy atom. The number of aromatic nitrogens is 2. The number of imidazole rings is 1. The maximum absolute atomic E-state index is 5.23. The van der Waals surface area contributed by atoms with E-state index < -0.39 is 0 Å². The topological polar surface area (TPSA) is 17.8 Å². The fourth-order valence-corrected chi connectivity index (χ4v) is 12.0. The van der Waals surface area contributed by atoms with Gasteiger partial charge in [0.15, 0.2) is 0 Å². The molecule has 0 N–H and O–H groups in total. The van der Waals surface area contributed by atoms with Gasteiger partial charge in [-0.2, -0.15) is 0 Å². The number of rotatable bonds is 13. The van der Waals surface area contributed by atoms with E-state index in [2.05, 4.69) is 268 Å². The molecule has 12 rings (SSSR count). The third kappa shape index (κ3) is 9.50. The molecule has 0 spiro atoms. The Balaban J connectivity index is 1.07. The molecule has 3 atom stereocenters. The van der Waals surface area contributed by atoms with Crippen LogP contribution in [0.25, 0.3) is 83.9 Å². The minimum absolute atomic E-state index is 0.255. The first kappa shape index (κ1) is 47.4. The first-order valence-corrected chi connectivity index (χ1v) is 26.9. The Morgan fingerprint density at radius 3 is 2.03 bits per heavy atom. The number of para-hydroxylation sites is 3. The van der Waals surface area contributed by atoms with Gasteiger partial charge in [0, 0.05) is 17.2 Å². The molecule has 0 bridgehead atoms. The molecule has 3 unspecified atom stereocenters. The van der Waals surface area contributed by atoms with E-state index >= 15 is 0 Å². The maximum atomic E-state index is 5.23. The third-order valence-corrected chi connectivity index (χ3v) is 15.7. The van der Waals surface area contributed by atoms with Gasteiger partial charge >= 0.3 is 0 Å². The van der Waals surface area contributed by atoms with Gasteiger partial charge in [-0.25, -0.2) is 4.98 Å². The average molecular weight is 967 g/mol. The van der Waals surface area contributed by atoms with E-state index in [0.29, 0.717) is 5.92 Å². The van der Waals surface area contributed by atoms with Crippen molar-refractivity contribution in [1.29, 1.82) is 0 Å². The molecule has 0 amide bonds. The molecule has 1 heterocycles. The summed E-state index contributed by atoms with van der Waals surface area (Å²) in [6, 6.07) is 67.1. The highest BCUT2D eigenvalue weighted by atomic mass is 15.1. The van der Waals surface area contributed by atoms with Crippen molar-refractivity contribution < 1.29 is 0 Å². The molecule has 8 aromatic carbocycles. The van der Waals surface area contributed by atoms with Crippen LogP contribution in [0.1, 0.15) is 78.8 Å². The molecule has 75 heavy (non-hydrogen) atoms. The SMILES string of the molecule is C=CC/C=C\C=C/CC1=CC(c2ccccc2)CC(c2c3c(c(-c4cc(C5=CC=CCC5C)cc(-c5ccccc5)c4)c4ccccc24)C=C(c2ccc(-c4nc5ccccc5n4-c4ccccc4)cc2)C(C)C3)=C1. The summed E-state index contributed by atoms with van der Waals surface area (Å²) < 4.78 is 2.29. The minimum atomic E-state index is 0.255. The highest BCUT2D eigenvalue weighted by Gasteiger charge is 2.31. The molecule has 0 saturated carbocycles. The zero-order chi connectivity index (χ0) is 50.7. The molecule has 0 aliphatic heterocycles. The number of allylic oxidation sites excluding steroid dienone is 14. The average Bonchev–Trinajstić information content (AvgIpc) is 3.86. The molecule has 3 aliphatic carbocycles. The minimum Gasteiger partial charge on any atom is -0.292 e. The van der Waals surface area contributed by atoms with Crippen LogP contribution in [-0.4, -0.2) is 9.55 Å². The lowest BCUT2D eigenvalue weighted by Crippen LogP contribution is -2.15. The van der Waals surface area contributed by atoms with Gasteiger partial charge in [0.25, 0.3) is 0 Å².